The van der Waals surface area contributed by atoms with Gasteiger partial charge < -0.3 is 10.3 Å². The lowest BCUT2D eigenvalue weighted by Crippen LogP contribution is -1.91. The lowest BCUT2D eigenvalue weighted by atomic mass is 10.1. The van der Waals surface area contributed by atoms with Crippen LogP contribution in [0.15, 0.2) is 30.3 Å². The molecule has 0 bridgehead atoms. The molecule has 2 N–H and O–H groups in total. The number of rotatable bonds is 2. The van der Waals surface area contributed by atoms with Crippen molar-refractivity contribution in [3.8, 4) is 11.4 Å². The molecule has 96 valence electrons. The second-order valence-electron chi connectivity index (χ2n) is 4.37. The lowest BCUT2D eigenvalue weighted by Gasteiger charge is -1.99. The predicted octanol–water partition coefficient (Wildman–Crippen LogP) is 3.11. The third-order valence-electron chi connectivity index (χ3n) is 3.05. The van der Waals surface area contributed by atoms with Crippen LogP contribution in [0.3, 0.4) is 0 Å². The third kappa shape index (κ3) is 2.03. The van der Waals surface area contributed by atoms with Gasteiger partial charge in [-0.2, -0.15) is 0 Å². The van der Waals surface area contributed by atoms with Crippen molar-refractivity contribution in [2.75, 3.05) is 12.4 Å². The second kappa shape index (κ2) is 4.35. The van der Waals surface area contributed by atoms with Crippen LogP contribution < -0.4 is 5.32 Å². The first kappa shape index (κ1) is 11.6. The lowest BCUT2D eigenvalue weighted by molar-refractivity contribution is 0.619. The maximum Gasteiger partial charge on any atom is 0.180 e. The summed E-state index contributed by atoms with van der Waals surface area (Å²) in [6, 6.07) is 8.82. The molecule has 0 amide bonds. The number of aromatic nitrogens is 3. The standard InChI is InChI=1S/C14H13FN4/c1-8-3-4-9(7-10(8)15)13-17-11-5-6-12(16-2)18-14(11)19-13/h3-7H,1-2H3,(H2,16,17,18,19). The molecule has 0 radical (unpaired) electrons. The Morgan fingerprint density at radius 1 is 1.16 bits per heavy atom. The van der Waals surface area contributed by atoms with Gasteiger partial charge in [0.25, 0.3) is 0 Å². The molecule has 0 aliphatic rings. The largest absolute Gasteiger partial charge is 0.373 e. The number of H-pyrrole nitrogens is 1. The van der Waals surface area contributed by atoms with Crippen molar-refractivity contribution < 1.29 is 4.39 Å². The van der Waals surface area contributed by atoms with Crippen molar-refractivity contribution in [2.24, 2.45) is 0 Å². The number of aryl methyl sites for hydroxylation is 1. The number of imidazole rings is 1. The van der Waals surface area contributed by atoms with Crippen LogP contribution in [0, 0.1) is 12.7 Å². The molecule has 0 aliphatic heterocycles. The van der Waals surface area contributed by atoms with Crippen molar-refractivity contribution in [1.29, 1.82) is 0 Å². The van der Waals surface area contributed by atoms with E-state index in [1.807, 2.05) is 18.2 Å². The zero-order chi connectivity index (χ0) is 13.4. The Morgan fingerprint density at radius 2 is 2.00 bits per heavy atom. The van der Waals surface area contributed by atoms with E-state index in [4.69, 9.17) is 0 Å². The average molecular weight is 256 g/mol. The quantitative estimate of drug-likeness (QED) is 0.740. The van der Waals surface area contributed by atoms with Crippen LogP contribution in [0.2, 0.25) is 0 Å². The molecule has 3 aromatic rings. The van der Waals surface area contributed by atoms with Gasteiger partial charge in [-0.1, -0.05) is 12.1 Å². The molecule has 0 atom stereocenters. The Hall–Kier alpha value is -2.43. The van der Waals surface area contributed by atoms with Gasteiger partial charge >= 0.3 is 0 Å². The van der Waals surface area contributed by atoms with Crippen molar-refractivity contribution in [3.05, 3.63) is 41.7 Å². The maximum absolute atomic E-state index is 13.6. The first-order valence-corrected chi connectivity index (χ1v) is 5.98. The van der Waals surface area contributed by atoms with E-state index in [9.17, 15) is 4.39 Å². The highest BCUT2D eigenvalue weighted by Gasteiger charge is 2.08. The van der Waals surface area contributed by atoms with E-state index in [0.717, 1.165) is 11.3 Å². The van der Waals surface area contributed by atoms with Crippen LogP contribution in [-0.2, 0) is 0 Å². The van der Waals surface area contributed by atoms with Crippen molar-refractivity contribution in [1.82, 2.24) is 15.0 Å². The van der Waals surface area contributed by atoms with Crippen LogP contribution >= 0.6 is 0 Å². The highest BCUT2D eigenvalue weighted by atomic mass is 19.1. The summed E-state index contributed by atoms with van der Waals surface area (Å²) in [7, 11) is 1.80. The molecule has 2 heterocycles. The van der Waals surface area contributed by atoms with Crippen LogP contribution in [0.4, 0.5) is 10.2 Å². The van der Waals surface area contributed by atoms with Gasteiger partial charge in [-0.15, -0.1) is 0 Å². The maximum atomic E-state index is 13.6. The van der Waals surface area contributed by atoms with E-state index in [-0.39, 0.29) is 5.82 Å². The monoisotopic (exact) mass is 256 g/mol. The normalized spacial score (nSPS) is 10.9. The van der Waals surface area contributed by atoms with E-state index in [0.29, 0.717) is 22.6 Å². The summed E-state index contributed by atoms with van der Waals surface area (Å²) in [4.78, 5) is 11.9. The number of benzene rings is 1. The molecule has 1 aromatic carbocycles. The van der Waals surface area contributed by atoms with Gasteiger partial charge in [-0.25, -0.2) is 14.4 Å². The molecule has 0 aliphatic carbocycles. The number of anilines is 1. The molecule has 0 unspecified atom stereocenters. The van der Waals surface area contributed by atoms with E-state index in [1.165, 1.54) is 6.07 Å². The molecule has 0 spiro atoms. The molecule has 3 rings (SSSR count). The van der Waals surface area contributed by atoms with Gasteiger partial charge in [-0.3, -0.25) is 0 Å². The van der Waals surface area contributed by atoms with Gasteiger partial charge in [0.15, 0.2) is 5.65 Å². The average Bonchev–Trinajstić information content (AvgIpc) is 2.84. The Labute approximate surface area is 109 Å². The minimum absolute atomic E-state index is 0.234. The SMILES string of the molecule is CNc1ccc2[nH]c(-c3ccc(C)c(F)c3)nc2n1. The van der Waals surface area contributed by atoms with E-state index >= 15 is 0 Å². The third-order valence-corrected chi connectivity index (χ3v) is 3.05. The van der Waals surface area contributed by atoms with Crippen LogP contribution in [0.1, 0.15) is 5.56 Å². The number of aromatic amines is 1. The first-order chi connectivity index (χ1) is 9.17. The summed E-state index contributed by atoms with van der Waals surface area (Å²) in [6.45, 7) is 1.73. The minimum atomic E-state index is -0.234. The molecule has 19 heavy (non-hydrogen) atoms. The zero-order valence-electron chi connectivity index (χ0n) is 10.7. The fraction of sp³-hybridized carbons (Fsp3) is 0.143. The summed E-state index contributed by atoms with van der Waals surface area (Å²) >= 11 is 0. The smallest absolute Gasteiger partial charge is 0.180 e. The van der Waals surface area contributed by atoms with E-state index < -0.39 is 0 Å². The Bertz CT molecular complexity index is 748. The number of hydrogen-bond acceptors (Lipinski definition) is 3. The molecule has 2 aromatic heterocycles. The molecule has 5 heteroatoms. The van der Waals surface area contributed by atoms with Crippen LogP contribution in [0.5, 0.6) is 0 Å². The van der Waals surface area contributed by atoms with E-state index in [1.54, 1.807) is 20.0 Å². The van der Waals surface area contributed by atoms with E-state index in [2.05, 4.69) is 20.3 Å². The highest BCUT2D eigenvalue weighted by Crippen LogP contribution is 2.22. The molecule has 4 nitrogen and oxygen atoms in total. The Morgan fingerprint density at radius 3 is 2.74 bits per heavy atom. The number of nitrogens with one attached hydrogen (secondary N) is 2. The Kier molecular flexibility index (Phi) is 2.67. The molecule has 0 saturated heterocycles. The van der Waals surface area contributed by atoms with Crippen LogP contribution in [0.25, 0.3) is 22.6 Å². The van der Waals surface area contributed by atoms with Crippen LogP contribution in [-0.4, -0.2) is 22.0 Å². The topological polar surface area (TPSA) is 53.6 Å². The Balaban J connectivity index is 2.11. The number of hydrogen-bond donors (Lipinski definition) is 2. The minimum Gasteiger partial charge on any atom is -0.373 e. The fourth-order valence-electron chi connectivity index (χ4n) is 1.91. The first-order valence-electron chi connectivity index (χ1n) is 5.98. The summed E-state index contributed by atoms with van der Waals surface area (Å²) in [5.41, 5.74) is 2.78. The highest BCUT2D eigenvalue weighted by molar-refractivity contribution is 5.77. The van der Waals surface area contributed by atoms with Gasteiger partial charge in [0.1, 0.15) is 17.5 Å². The number of nitrogens with zero attached hydrogens (tertiary/aromatic N) is 2. The molecular weight excluding hydrogens is 243 g/mol. The molecule has 0 fully saturated rings. The molecule has 0 saturated carbocycles. The van der Waals surface area contributed by atoms with Gasteiger partial charge in [0.05, 0.1) is 5.52 Å². The van der Waals surface area contributed by atoms with Crippen molar-refractivity contribution in [3.63, 3.8) is 0 Å². The number of halogens is 1. The van der Waals surface area contributed by atoms with Gasteiger partial charge in [-0.05, 0) is 30.7 Å². The number of fused-ring (bicyclic) bond motifs is 1. The molecular formula is C14H13FN4. The van der Waals surface area contributed by atoms with Crippen molar-refractivity contribution in [2.45, 2.75) is 6.92 Å². The predicted molar refractivity (Wildman–Crippen MR) is 73.6 cm³/mol. The second-order valence-corrected chi connectivity index (χ2v) is 4.37. The summed E-state index contributed by atoms with van der Waals surface area (Å²) < 4.78 is 13.6. The summed E-state index contributed by atoms with van der Waals surface area (Å²) in [6.07, 6.45) is 0. The zero-order valence-corrected chi connectivity index (χ0v) is 10.7. The summed E-state index contributed by atoms with van der Waals surface area (Å²) in [5, 5.41) is 2.96. The van der Waals surface area contributed by atoms with Gasteiger partial charge in [0.2, 0.25) is 0 Å². The number of pyridine rings is 1. The fourth-order valence-corrected chi connectivity index (χ4v) is 1.91. The van der Waals surface area contributed by atoms with Gasteiger partial charge in [0, 0.05) is 12.6 Å². The summed E-state index contributed by atoms with van der Waals surface area (Å²) in [5.74, 6) is 1.14. The van der Waals surface area contributed by atoms with Crippen molar-refractivity contribution >= 4 is 17.0 Å².